The zero-order valence-electron chi connectivity index (χ0n) is 9.61. The van der Waals surface area contributed by atoms with E-state index >= 15 is 0 Å². The van der Waals surface area contributed by atoms with Crippen LogP contribution in [0.3, 0.4) is 0 Å². The van der Waals surface area contributed by atoms with Gasteiger partial charge in [-0.1, -0.05) is 0 Å². The van der Waals surface area contributed by atoms with E-state index in [0.717, 1.165) is 25.9 Å². The third-order valence-corrected chi connectivity index (χ3v) is 3.60. The molecule has 2 unspecified atom stereocenters. The zero-order valence-corrected chi connectivity index (χ0v) is 9.61. The SMILES string of the molecule is O=C(CCCO)C1CCOC2(CCOC2)C1. The van der Waals surface area contributed by atoms with Crippen LogP contribution in [-0.4, -0.2) is 42.9 Å². The summed E-state index contributed by atoms with van der Waals surface area (Å²) >= 11 is 0. The van der Waals surface area contributed by atoms with Crippen LogP contribution in [0.1, 0.15) is 32.1 Å². The van der Waals surface area contributed by atoms with Crippen molar-refractivity contribution in [1.82, 2.24) is 0 Å². The number of ether oxygens (including phenoxy) is 2. The minimum atomic E-state index is -0.183. The van der Waals surface area contributed by atoms with Crippen LogP contribution in [0.25, 0.3) is 0 Å². The van der Waals surface area contributed by atoms with E-state index in [1.54, 1.807) is 0 Å². The summed E-state index contributed by atoms with van der Waals surface area (Å²) in [5, 5.41) is 8.72. The molecule has 2 heterocycles. The first-order valence-electron chi connectivity index (χ1n) is 6.11. The molecule has 2 saturated heterocycles. The van der Waals surface area contributed by atoms with Crippen LogP contribution in [-0.2, 0) is 14.3 Å². The lowest BCUT2D eigenvalue weighted by molar-refractivity contribution is -0.137. The normalized spacial score (nSPS) is 34.4. The second-order valence-electron chi connectivity index (χ2n) is 4.82. The summed E-state index contributed by atoms with van der Waals surface area (Å²) in [5.41, 5.74) is -0.183. The van der Waals surface area contributed by atoms with Gasteiger partial charge in [0, 0.05) is 38.6 Å². The number of rotatable bonds is 4. The van der Waals surface area contributed by atoms with E-state index in [4.69, 9.17) is 14.6 Å². The number of Topliss-reactive ketones (excluding diaryl/α,β-unsaturated/α-hetero) is 1. The van der Waals surface area contributed by atoms with Crippen LogP contribution >= 0.6 is 0 Å². The van der Waals surface area contributed by atoms with Crippen molar-refractivity contribution in [3.05, 3.63) is 0 Å². The Kier molecular flexibility index (Phi) is 3.95. The van der Waals surface area contributed by atoms with Gasteiger partial charge < -0.3 is 14.6 Å². The predicted octanol–water partition coefficient (Wildman–Crippen LogP) is 0.914. The molecular formula is C12H20O4. The van der Waals surface area contributed by atoms with Gasteiger partial charge in [-0.2, -0.15) is 0 Å². The Morgan fingerprint density at radius 3 is 3.00 bits per heavy atom. The van der Waals surface area contributed by atoms with E-state index in [0.29, 0.717) is 26.1 Å². The maximum atomic E-state index is 11.9. The monoisotopic (exact) mass is 228 g/mol. The molecule has 1 N–H and O–H groups in total. The molecule has 16 heavy (non-hydrogen) atoms. The van der Waals surface area contributed by atoms with Crippen LogP contribution in [0.5, 0.6) is 0 Å². The van der Waals surface area contributed by atoms with Crippen LogP contribution in [0, 0.1) is 5.92 Å². The molecule has 2 aliphatic rings. The number of aliphatic hydroxyl groups is 1. The third kappa shape index (κ3) is 2.62. The fraction of sp³-hybridized carbons (Fsp3) is 0.917. The summed E-state index contributed by atoms with van der Waals surface area (Å²) in [6.45, 7) is 2.15. The Morgan fingerprint density at radius 1 is 1.44 bits per heavy atom. The van der Waals surface area contributed by atoms with Gasteiger partial charge in [0.05, 0.1) is 12.2 Å². The lowest BCUT2D eigenvalue weighted by Gasteiger charge is -2.36. The van der Waals surface area contributed by atoms with Gasteiger partial charge in [-0.15, -0.1) is 0 Å². The van der Waals surface area contributed by atoms with Gasteiger partial charge in [0.15, 0.2) is 0 Å². The number of hydrogen-bond donors (Lipinski definition) is 1. The van der Waals surface area contributed by atoms with Crippen molar-refractivity contribution in [1.29, 1.82) is 0 Å². The Balaban J connectivity index is 1.88. The predicted molar refractivity (Wildman–Crippen MR) is 58.2 cm³/mol. The number of aliphatic hydroxyl groups excluding tert-OH is 1. The molecule has 4 heteroatoms. The average Bonchev–Trinajstić information content (AvgIpc) is 2.74. The first-order chi connectivity index (χ1) is 7.76. The zero-order chi connectivity index (χ0) is 11.4. The van der Waals surface area contributed by atoms with Crippen molar-refractivity contribution in [2.75, 3.05) is 26.4 Å². The Hall–Kier alpha value is -0.450. The quantitative estimate of drug-likeness (QED) is 0.777. The molecule has 2 atom stereocenters. The van der Waals surface area contributed by atoms with E-state index in [1.807, 2.05) is 0 Å². The van der Waals surface area contributed by atoms with E-state index in [2.05, 4.69) is 0 Å². The molecule has 0 saturated carbocycles. The molecule has 0 aromatic carbocycles. The van der Waals surface area contributed by atoms with Gasteiger partial charge in [-0.25, -0.2) is 0 Å². The summed E-state index contributed by atoms with van der Waals surface area (Å²) in [6.07, 6.45) is 3.62. The van der Waals surface area contributed by atoms with Crippen LogP contribution in [0.4, 0.5) is 0 Å². The number of carbonyl (C=O) groups is 1. The van der Waals surface area contributed by atoms with Crippen molar-refractivity contribution >= 4 is 5.78 Å². The first kappa shape index (κ1) is 12.0. The van der Waals surface area contributed by atoms with Crippen molar-refractivity contribution in [2.24, 2.45) is 5.92 Å². The van der Waals surface area contributed by atoms with E-state index in [1.165, 1.54) is 0 Å². The largest absolute Gasteiger partial charge is 0.396 e. The molecule has 92 valence electrons. The van der Waals surface area contributed by atoms with Crippen molar-refractivity contribution < 1.29 is 19.4 Å². The van der Waals surface area contributed by atoms with Crippen molar-refractivity contribution in [3.8, 4) is 0 Å². The van der Waals surface area contributed by atoms with Gasteiger partial charge >= 0.3 is 0 Å². The fourth-order valence-corrected chi connectivity index (χ4v) is 2.62. The lowest BCUT2D eigenvalue weighted by atomic mass is 9.82. The van der Waals surface area contributed by atoms with Crippen LogP contribution in [0.15, 0.2) is 0 Å². The topological polar surface area (TPSA) is 55.8 Å². The maximum absolute atomic E-state index is 11.9. The highest BCUT2D eigenvalue weighted by Gasteiger charge is 2.42. The molecule has 2 rings (SSSR count). The molecule has 4 nitrogen and oxygen atoms in total. The molecule has 0 aliphatic carbocycles. The summed E-state index contributed by atoms with van der Waals surface area (Å²) in [7, 11) is 0. The van der Waals surface area contributed by atoms with E-state index < -0.39 is 0 Å². The maximum Gasteiger partial charge on any atom is 0.136 e. The smallest absolute Gasteiger partial charge is 0.136 e. The second-order valence-corrected chi connectivity index (χ2v) is 4.82. The molecule has 2 aliphatic heterocycles. The summed E-state index contributed by atoms with van der Waals surface area (Å²) in [6, 6.07) is 0. The van der Waals surface area contributed by atoms with Gasteiger partial charge in [0.1, 0.15) is 5.78 Å². The molecule has 0 aromatic heterocycles. The van der Waals surface area contributed by atoms with Gasteiger partial charge in [0.2, 0.25) is 0 Å². The van der Waals surface area contributed by atoms with E-state index in [-0.39, 0.29) is 23.9 Å². The van der Waals surface area contributed by atoms with Crippen LogP contribution < -0.4 is 0 Å². The average molecular weight is 228 g/mol. The number of hydrogen-bond acceptors (Lipinski definition) is 4. The molecular weight excluding hydrogens is 208 g/mol. The fourth-order valence-electron chi connectivity index (χ4n) is 2.62. The summed E-state index contributed by atoms with van der Waals surface area (Å²) in [5.74, 6) is 0.394. The van der Waals surface area contributed by atoms with Crippen molar-refractivity contribution in [3.63, 3.8) is 0 Å². The molecule has 1 spiro atoms. The van der Waals surface area contributed by atoms with Crippen molar-refractivity contribution in [2.45, 2.75) is 37.7 Å². The number of carbonyl (C=O) groups excluding carboxylic acids is 1. The lowest BCUT2D eigenvalue weighted by Crippen LogP contribution is -2.42. The molecule has 2 fully saturated rings. The highest BCUT2D eigenvalue weighted by molar-refractivity contribution is 5.81. The molecule has 0 amide bonds. The summed E-state index contributed by atoms with van der Waals surface area (Å²) in [4.78, 5) is 11.9. The standard InChI is InChI=1S/C12H20O4/c13-5-1-2-11(14)10-3-6-16-12(8-10)4-7-15-9-12/h10,13H,1-9H2. The Bertz CT molecular complexity index is 245. The Labute approximate surface area is 95.9 Å². The minimum Gasteiger partial charge on any atom is -0.396 e. The van der Waals surface area contributed by atoms with Crippen LogP contribution in [0.2, 0.25) is 0 Å². The molecule has 0 radical (unpaired) electrons. The third-order valence-electron chi connectivity index (χ3n) is 3.60. The second kappa shape index (κ2) is 5.25. The highest BCUT2D eigenvalue weighted by Crippen LogP contribution is 2.36. The molecule has 0 aromatic rings. The summed E-state index contributed by atoms with van der Waals surface area (Å²) < 4.78 is 11.2. The minimum absolute atomic E-state index is 0.100. The first-order valence-corrected chi connectivity index (χ1v) is 6.11. The van der Waals surface area contributed by atoms with Gasteiger partial charge in [0.25, 0.3) is 0 Å². The highest BCUT2D eigenvalue weighted by atomic mass is 16.6. The van der Waals surface area contributed by atoms with Gasteiger partial charge in [-0.05, 0) is 19.3 Å². The van der Waals surface area contributed by atoms with E-state index in [9.17, 15) is 4.79 Å². The Morgan fingerprint density at radius 2 is 2.31 bits per heavy atom. The van der Waals surface area contributed by atoms with Gasteiger partial charge in [-0.3, -0.25) is 4.79 Å². The number of ketones is 1. The molecule has 0 bridgehead atoms.